The Morgan fingerprint density at radius 1 is 1.38 bits per heavy atom. The summed E-state index contributed by atoms with van der Waals surface area (Å²) >= 11 is 0.626. The number of aryl methyl sites for hydroxylation is 1. The lowest BCUT2D eigenvalue weighted by Gasteiger charge is -2.04. The maximum atomic E-state index is 12.4. The van der Waals surface area contributed by atoms with E-state index in [1.807, 2.05) is 0 Å². The summed E-state index contributed by atoms with van der Waals surface area (Å²) in [5, 5.41) is 15.1. The fraction of sp³-hybridized carbons (Fsp3) is 0.455. The van der Waals surface area contributed by atoms with Crippen molar-refractivity contribution in [3.8, 4) is 0 Å². The predicted molar refractivity (Wildman–Crippen MR) is 70.7 cm³/mol. The Hall–Kier alpha value is -2.10. The number of alkyl halides is 2. The van der Waals surface area contributed by atoms with Crippen LogP contribution in [-0.4, -0.2) is 21.4 Å². The third kappa shape index (κ3) is 2.99. The van der Waals surface area contributed by atoms with E-state index in [0.717, 1.165) is 12.8 Å². The Morgan fingerprint density at radius 2 is 2.14 bits per heavy atom. The second-order valence-electron chi connectivity index (χ2n) is 4.61. The van der Waals surface area contributed by atoms with Crippen LogP contribution in [0, 0.1) is 6.92 Å². The highest BCUT2D eigenvalue weighted by Crippen LogP contribution is 2.44. The molecule has 10 heteroatoms. The smallest absolute Gasteiger partial charge is 0.325 e. The van der Waals surface area contributed by atoms with Crippen LogP contribution >= 0.6 is 11.3 Å². The molecule has 1 aliphatic carbocycles. The Labute approximate surface area is 121 Å². The lowest BCUT2D eigenvalue weighted by molar-refractivity contribution is 0.150. The van der Waals surface area contributed by atoms with Gasteiger partial charge < -0.3 is 9.84 Å². The standard InChI is InChI=1S/C11H11F2N5O2S/c1-4-6(7(20-18-4)5-2-3-5)14-10(19)15-11-17-16-9(21-11)8(12)13/h5,8H,2-3H2,1H3,(H2,14,15,17,19). The van der Waals surface area contributed by atoms with Gasteiger partial charge >= 0.3 is 6.03 Å². The topological polar surface area (TPSA) is 92.9 Å². The SMILES string of the molecule is Cc1noc(C2CC2)c1NC(=O)Nc1nnc(C(F)F)s1. The molecule has 1 aliphatic rings. The van der Waals surface area contributed by atoms with E-state index < -0.39 is 17.5 Å². The van der Waals surface area contributed by atoms with E-state index in [9.17, 15) is 13.6 Å². The minimum Gasteiger partial charge on any atom is -0.359 e. The molecule has 0 radical (unpaired) electrons. The molecule has 2 aromatic rings. The fourth-order valence-corrected chi connectivity index (χ4v) is 2.37. The van der Waals surface area contributed by atoms with Crippen LogP contribution in [0.5, 0.6) is 0 Å². The molecule has 7 nitrogen and oxygen atoms in total. The van der Waals surface area contributed by atoms with Crippen LogP contribution in [0.2, 0.25) is 0 Å². The van der Waals surface area contributed by atoms with E-state index in [-0.39, 0.29) is 11.0 Å². The number of amides is 2. The van der Waals surface area contributed by atoms with Crippen molar-refractivity contribution in [3.05, 3.63) is 16.5 Å². The van der Waals surface area contributed by atoms with Crippen molar-refractivity contribution < 1.29 is 18.1 Å². The molecule has 1 fully saturated rings. The van der Waals surface area contributed by atoms with Crippen LogP contribution < -0.4 is 10.6 Å². The van der Waals surface area contributed by atoms with Gasteiger partial charge in [-0.05, 0) is 19.8 Å². The molecule has 0 spiro atoms. The summed E-state index contributed by atoms with van der Waals surface area (Å²) in [5.41, 5.74) is 1.09. The highest BCUT2D eigenvalue weighted by molar-refractivity contribution is 7.15. The normalized spacial score (nSPS) is 14.5. The molecule has 2 N–H and O–H groups in total. The lowest BCUT2D eigenvalue weighted by atomic mass is 10.2. The number of hydrogen-bond acceptors (Lipinski definition) is 6. The number of halogens is 2. The van der Waals surface area contributed by atoms with Gasteiger partial charge in [0.05, 0.1) is 0 Å². The van der Waals surface area contributed by atoms with Crippen molar-refractivity contribution >= 4 is 28.2 Å². The molecule has 3 rings (SSSR count). The monoisotopic (exact) mass is 315 g/mol. The third-order valence-corrected chi connectivity index (χ3v) is 3.77. The van der Waals surface area contributed by atoms with Gasteiger partial charge in [-0.2, -0.15) is 0 Å². The van der Waals surface area contributed by atoms with Gasteiger partial charge in [0.1, 0.15) is 11.4 Å². The molecule has 0 bridgehead atoms. The van der Waals surface area contributed by atoms with Crippen molar-refractivity contribution in [2.24, 2.45) is 0 Å². The molecular weight excluding hydrogens is 304 g/mol. The number of anilines is 2. The number of nitrogens with zero attached hydrogens (tertiary/aromatic N) is 3. The van der Waals surface area contributed by atoms with Crippen LogP contribution in [0.3, 0.4) is 0 Å². The molecule has 2 aromatic heterocycles. The number of carbonyl (C=O) groups excluding carboxylic acids is 1. The number of urea groups is 1. The zero-order chi connectivity index (χ0) is 15.0. The molecular formula is C11H11F2N5O2S. The molecule has 1 saturated carbocycles. The van der Waals surface area contributed by atoms with Gasteiger partial charge in [0.15, 0.2) is 10.8 Å². The largest absolute Gasteiger partial charge is 0.359 e. The van der Waals surface area contributed by atoms with Crippen LogP contribution in [0.25, 0.3) is 0 Å². The summed E-state index contributed by atoms with van der Waals surface area (Å²) < 4.78 is 30.0. The van der Waals surface area contributed by atoms with E-state index in [1.54, 1.807) is 6.92 Å². The average molecular weight is 315 g/mol. The van der Waals surface area contributed by atoms with E-state index in [0.29, 0.717) is 28.5 Å². The first-order valence-electron chi connectivity index (χ1n) is 6.20. The highest BCUT2D eigenvalue weighted by Gasteiger charge is 2.32. The van der Waals surface area contributed by atoms with E-state index >= 15 is 0 Å². The maximum Gasteiger partial charge on any atom is 0.325 e. The lowest BCUT2D eigenvalue weighted by Crippen LogP contribution is -2.20. The van der Waals surface area contributed by atoms with Crippen molar-refractivity contribution in [1.82, 2.24) is 15.4 Å². The third-order valence-electron chi connectivity index (χ3n) is 2.92. The van der Waals surface area contributed by atoms with E-state index in [4.69, 9.17) is 4.52 Å². The maximum absolute atomic E-state index is 12.4. The Bertz CT molecular complexity index is 667. The Morgan fingerprint density at radius 3 is 2.76 bits per heavy atom. The van der Waals surface area contributed by atoms with Gasteiger partial charge in [-0.25, -0.2) is 13.6 Å². The highest BCUT2D eigenvalue weighted by atomic mass is 32.1. The molecule has 0 aromatic carbocycles. The zero-order valence-electron chi connectivity index (χ0n) is 10.9. The predicted octanol–water partition coefficient (Wildman–Crippen LogP) is 3.29. The molecule has 21 heavy (non-hydrogen) atoms. The summed E-state index contributed by atoms with van der Waals surface area (Å²) in [5.74, 6) is 0.932. The minimum atomic E-state index is -2.71. The van der Waals surface area contributed by atoms with Crippen LogP contribution in [0.1, 0.15) is 41.6 Å². The van der Waals surface area contributed by atoms with Crippen molar-refractivity contribution in [2.45, 2.75) is 32.1 Å². The fourth-order valence-electron chi connectivity index (χ4n) is 1.78. The Kier molecular flexibility index (Phi) is 3.53. The molecule has 2 heterocycles. The number of hydrogen-bond donors (Lipinski definition) is 2. The van der Waals surface area contributed by atoms with Gasteiger partial charge in [-0.1, -0.05) is 16.5 Å². The first kappa shape index (κ1) is 13.9. The number of nitrogens with one attached hydrogen (secondary N) is 2. The quantitative estimate of drug-likeness (QED) is 0.903. The molecule has 0 atom stereocenters. The molecule has 2 amide bonds. The second-order valence-corrected chi connectivity index (χ2v) is 5.62. The van der Waals surface area contributed by atoms with Crippen LogP contribution in [0.4, 0.5) is 24.4 Å². The number of aromatic nitrogens is 3. The molecule has 0 unspecified atom stereocenters. The summed E-state index contributed by atoms with van der Waals surface area (Å²) in [6.07, 6.45) is -0.707. The molecule has 0 saturated heterocycles. The summed E-state index contributed by atoms with van der Waals surface area (Å²) in [6, 6.07) is -0.597. The first-order chi connectivity index (χ1) is 10.0. The summed E-state index contributed by atoms with van der Waals surface area (Å²) in [6.45, 7) is 1.71. The van der Waals surface area contributed by atoms with Gasteiger partial charge in [0.25, 0.3) is 6.43 Å². The minimum absolute atomic E-state index is 0.00452. The van der Waals surface area contributed by atoms with E-state index in [2.05, 4.69) is 26.0 Å². The molecule has 112 valence electrons. The second kappa shape index (κ2) is 5.35. The number of rotatable bonds is 4. The van der Waals surface area contributed by atoms with Gasteiger partial charge in [-0.15, -0.1) is 10.2 Å². The summed E-state index contributed by atoms with van der Waals surface area (Å²) in [7, 11) is 0. The number of carbonyl (C=O) groups is 1. The van der Waals surface area contributed by atoms with E-state index in [1.165, 1.54) is 0 Å². The molecule has 0 aliphatic heterocycles. The van der Waals surface area contributed by atoms with Crippen LogP contribution in [0.15, 0.2) is 4.52 Å². The Balaban J connectivity index is 1.67. The van der Waals surface area contributed by atoms with Gasteiger partial charge in [0.2, 0.25) is 5.13 Å². The van der Waals surface area contributed by atoms with Crippen molar-refractivity contribution in [2.75, 3.05) is 10.6 Å². The summed E-state index contributed by atoms with van der Waals surface area (Å²) in [4.78, 5) is 11.9. The van der Waals surface area contributed by atoms with Gasteiger partial charge in [0, 0.05) is 5.92 Å². The first-order valence-corrected chi connectivity index (χ1v) is 7.02. The van der Waals surface area contributed by atoms with Crippen molar-refractivity contribution in [1.29, 1.82) is 0 Å². The van der Waals surface area contributed by atoms with Crippen LogP contribution in [-0.2, 0) is 0 Å². The van der Waals surface area contributed by atoms with Gasteiger partial charge in [-0.3, -0.25) is 5.32 Å². The zero-order valence-corrected chi connectivity index (χ0v) is 11.7. The van der Waals surface area contributed by atoms with Crippen molar-refractivity contribution in [3.63, 3.8) is 0 Å². The average Bonchev–Trinajstić information content (AvgIpc) is 3.06.